The maximum Gasteiger partial charge on any atom is 0.247 e. The third kappa shape index (κ3) is 5.92. The Morgan fingerprint density at radius 2 is 1.82 bits per heavy atom. The van der Waals surface area contributed by atoms with Gasteiger partial charge in [0, 0.05) is 37.1 Å². The fourth-order valence-corrected chi connectivity index (χ4v) is 3.86. The van der Waals surface area contributed by atoms with Crippen LogP contribution in [-0.4, -0.2) is 34.7 Å². The lowest BCUT2D eigenvalue weighted by Gasteiger charge is -2.27. The molecule has 2 aromatic carbocycles. The molecule has 1 aliphatic heterocycles. The molecule has 1 aliphatic rings. The molecule has 2 N–H and O–H groups in total. The molecule has 2 atom stereocenters. The van der Waals surface area contributed by atoms with E-state index in [1.165, 1.54) is 17.0 Å². The van der Waals surface area contributed by atoms with E-state index in [-0.39, 0.29) is 42.5 Å². The van der Waals surface area contributed by atoms with Gasteiger partial charge in [0.25, 0.3) is 0 Å². The molecule has 3 amide bonds. The number of hydrogen-bond acceptors (Lipinski definition) is 3. The van der Waals surface area contributed by atoms with Gasteiger partial charge in [-0.05, 0) is 30.5 Å². The van der Waals surface area contributed by atoms with E-state index in [1.807, 2.05) is 0 Å². The molecule has 1 unspecified atom stereocenters. The van der Waals surface area contributed by atoms with E-state index >= 15 is 0 Å². The number of likely N-dealkylation sites (tertiary alicyclic amines) is 1. The lowest BCUT2D eigenvalue weighted by atomic mass is 10.0. The second-order valence-electron chi connectivity index (χ2n) is 8.53. The molecule has 1 fully saturated rings. The van der Waals surface area contributed by atoms with Gasteiger partial charge < -0.3 is 15.5 Å². The van der Waals surface area contributed by atoms with Crippen LogP contribution in [0.15, 0.2) is 36.4 Å². The van der Waals surface area contributed by atoms with Crippen molar-refractivity contribution in [3.8, 4) is 0 Å². The Balaban J connectivity index is 1.65. The predicted molar refractivity (Wildman–Crippen MR) is 116 cm³/mol. The van der Waals surface area contributed by atoms with Crippen molar-refractivity contribution in [2.75, 3.05) is 5.32 Å². The minimum Gasteiger partial charge on any atom is -0.344 e. The molecular formula is C24H25F4N3O3. The summed E-state index contributed by atoms with van der Waals surface area (Å²) in [6.45, 7) is 3.19. The molecule has 2 aromatic rings. The molecule has 0 spiro atoms. The minimum absolute atomic E-state index is 0.00131. The third-order valence-electron chi connectivity index (χ3n) is 5.70. The third-order valence-corrected chi connectivity index (χ3v) is 5.70. The first kappa shape index (κ1) is 25.2. The highest BCUT2D eigenvalue weighted by Crippen LogP contribution is 2.25. The van der Waals surface area contributed by atoms with Crippen LogP contribution in [0.1, 0.15) is 38.7 Å². The first-order valence-corrected chi connectivity index (χ1v) is 10.8. The van der Waals surface area contributed by atoms with Crippen LogP contribution >= 0.6 is 0 Å². The van der Waals surface area contributed by atoms with E-state index in [0.29, 0.717) is 12.5 Å². The summed E-state index contributed by atoms with van der Waals surface area (Å²) >= 11 is 0. The lowest BCUT2D eigenvalue weighted by Crippen LogP contribution is -2.48. The van der Waals surface area contributed by atoms with Gasteiger partial charge >= 0.3 is 0 Å². The van der Waals surface area contributed by atoms with E-state index in [9.17, 15) is 31.9 Å². The number of nitrogens with one attached hydrogen (secondary N) is 2. The van der Waals surface area contributed by atoms with E-state index < -0.39 is 47.2 Å². The number of carbonyl (C=O) groups excluding carboxylic acids is 3. The fourth-order valence-electron chi connectivity index (χ4n) is 3.86. The monoisotopic (exact) mass is 479 g/mol. The maximum atomic E-state index is 14.1. The van der Waals surface area contributed by atoms with Crippen molar-refractivity contribution in [3.05, 3.63) is 65.2 Å². The Morgan fingerprint density at radius 3 is 2.50 bits per heavy atom. The Hall–Kier alpha value is -3.43. The topological polar surface area (TPSA) is 78.5 Å². The molecule has 3 rings (SSSR count). The van der Waals surface area contributed by atoms with Crippen molar-refractivity contribution in [2.24, 2.45) is 5.92 Å². The Morgan fingerprint density at radius 1 is 1.09 bits per heavy atom. The second kappa shape index (κ2) is 10.7. The molecule has 1 heterocycles. The molecule has 1 saturated heterocycles. The fraction of sp³-hybridized carbons (Fsp3) is 0.375. The molecule has 0 saturated carbocycles. The van der Waals surface area contributed by atoms with Crippen molar-refractivity contribution >= 4 is 23.4 Å². The normalized spacial score (nSPS) is 16.6. The highest BCUT2D eigenvalue weighted by Gasteiger charge is 2.34. The smallest absolute Gasteiger partial charge is 0.247 e. The number of carbonyl (C=O) groups is 3. The summed E-state index contributed by atoms with van der Waals surface area (Å²) in [4.78, 5) is 39.0. The first-order valence-electron chi connectivity index (χ1n) is 10.8. The first-order chi connectivity index (χ1) is 16.1. The Labute approximate surface area is 194 Å². The van der Waals surface area contributed by atoms with Gasteiger partial charge in [0.05, 0.1) is 5.69 Å². The van der Waals surface area contributed by atoms with E-state index in [0.717, 1.165) is 18.2 Å². The van der Waals surface area contributed by atoms with Gasteiger partial charge in [-0.1, -0.05) is 26.0 Å². The van der Waals surface area contributed by atoms with Crippen molar-refractivity contribution in [1.29, 1.82) is 0 Å². The summed E-state index contributed by atoms with van der Waals surface area (Å²) < 4.78 is 54.6. The standard InChI is InChI=1S/C24H25F4N3O3/c1-13(2)23(24(34)29-19-8-6-15(25)10-18(19)27)30-20(32)11-16-7-9-21(33)31(16)12-14-4-3-5-17(26)22(14)28/h3-6,8,10,13,16,23H,7,9,11-12H2,1-2H3,(H,29,34)(H,30,32)/t16-,23?/m0/s1. The van der Waals surface area contributed by atoms with Crippen LogP contribution in [0.3, 0.4) is 0 Å². The SMILES string of the molecule is CC(C)C(NC(=O)C[C@@H]1CCC(=O)N1Cc1cccc(F)c1F)C(=O)Nc1ccc(F)cc1F. The highest BCUT2D eigenvalue weighted by molar-refractivity contribution is 5.97. The summed E-state index contributed by atoms with van der Waals surface area (Å²) in [5.41, 5.74) is -0.225. The maximum absolute atomic E-state index is 14.1. The zero-order chi connectivity index (χ0) is 25.0. The number of benzene rings is 2. The van der Waals surface area contributed by atoms with Crippen LogP contribution in [0.4, 0.5) is 23.2 Å². The van der Waals surface area contributed by atoms with Gasteiger partial charge in [0.2, 0.25) is 17.7 Å². The van der Waals surface area contributed by atoms with Crippen molar-refractivity contribution in [2.45, 2.75) is 51.7 Å². The Bertz CT molecular complexity index is 1090. The summed E-state index contributed by atoms with van der Waals surface area (Å²) in [7, 11) is 0. The van der Waals surface area contributed by atoms with Gasteiger partial charge in [-0.3, -0.25) is 14.4 Å². The summed E-state index contributed by atoms with van der Waals surface area (Å²) in [5, 5.41) is 4.94. The van der Waals surface area contributed by atoms with Gasteiger partial charge in [-0.15, -0.1) is 0 Å². The van der Waals surface area contributed by atoms with Crippen molar-refractivity contribution in [1.82, 2.24) is 10.2 Å². The lowest BCUT2D eigenvalue weighted by molar-refractivity contribution is -0.131. The predicted octanol–water partition coefficient (Wildman–Crippen LogP) is 3.90. The van der Waals surface area contributed by atoms with E-state index in [1.54, 1.807) is 13.8 Å². The number of nitrogens with zero attached hydrogens (tertiary/aromatic N) is 1. The minimum atomic E-state index is -1.05. The number of hydrogen-bond donors (Lipinski definition) is 2. The largest absolute Gasteiger partial charge is 0.344 e. The molecule has 34 heavy (non-hydrogen) atoms. The van der Waals surface area contributed by atoms with Gasteiger partial charge in [-0.2, -0.15) is 0 Å². The Kier molecular flexibility index (Phi) is 7.90. The van der Waals surface area contributed by atoms with E-state index in [4.69, 9.17) is 0 Å². The van der Waals surface area contributed by atoms with Gasteiger partial charge in [-0.25, -0.2) is 17.6 Å². The molecular weight excluding hydrogens is 454 g/mol. The number of halogens is 4. The average molecular weight is 479 g/mol. The van der Waals surface area contributed by atoms with Crippen molar-refractivity contribution < 1.29 is 31.9 Å². The molecule has 0 aliphatic carbocycles. The zero-order valence-corrected chi connectivity index (χ0v) is 18.7. The van der Waals surface area contributed by atoms with Crippen LogP contribution in [0.25, 0.3) is 0 Å². The number of anilines is 1. The van der Waals surface area contributed by atoms with Crippen LogP contribution in [-0.2, 0) is 20.9 Å². The second-order valence-corrected chi connectivity index (χ2v) is 8.53. The van der Waals surface area contributed by atoms with Crippen LogP contribution < -0.4 is 10.6 Å². The summed E-state index contributed by atoms with van der Waals surface area (Å²) in [6.07, 6.45) is 0.361. The van der Waals surface area contributed by atoms with Crippen LogP contribution in [0.5, 0.6) is 0 Å². The van der Waals surface area contributed by atoms with Gasteiger partial charge in [0.15, 0.2) is 11.6 Å². The molecule has 182 valence electrons. The molecule has 0 aromatic heterocycles. The van der Waals surface area contributed by atoms with Crippen LogP contribution in [0, 0.1) is 29.2 Å². The van der Waals surface area contributed by atoms with Gasteiger partial charge in [0.1, 0.15) is 17.7 Å². The molecule has 0 radical (unpaired) electrons. The molecule has 0 bridgehead atoms. The number of amides is 3. The number of rotatable bonds is 8. The van der Waals surface area contributed by atoms with E-state index in [2.05, 4.69) is 10.6 Å². The molecule has 10 heteroatoms. The molecule has 6 nitrogen and oxygen atoms in total. The average Bonchev–Trinajstić information content (AvgIpc) is 3.10. The van der Waals surface area contributed by atoms with Crippen LogP contribution in [0.2, 0.25) is 0 Å². The summed E-state index contributed by atoms with van der Waals surface area (Å²) in [6, 6.07) is 4.81. The highest BCUT2D eigenvalue weighted by atomic mass is 19.2. The summed E-state index contributed by atoms with van der Waals surface area (Å²) in [5.74, 6) is -5.68. The zero-order valence-electron chi connectivity index (χ0n) is 18.7. The van der Waals surface area contributed by atoms with Crippen molar-refractivity contribution in [3.63, 3.8) is 0 Å². The quantitative estimate of drug-likeness (QED) is 0.564.